The van der Waals surface area contributed by atoms with Crippen molar-refractivity contribution in [1.29, 1.82) is 0 Å². The fraction of sp³-hybridized carbons (Fsp3) is 0.647. The highest BCUT2D eigenvalue weighted by atomic mass is 35.5. The smallest absolute Gasteiger partial charge is 0.0438 e. The molecular weight excluding hydrogens is 268 g/mol. The molecule has 3 rings (SSSR count). The minimum atomic E-state index is 0.258. The van der Waals surface area contributed by atoms with Gasteiger partial charge in [0, 0.05) is 35.4 Å². The fourth-order valence-corrected chi connectivity index (χ4v) is 3.69. The van der Waals surface area contributed by atoms with Gasteiger partial charge in [-0.05, 0) is 49.8 Å². The summed E-state index contributed by atoms with van der Waals surface area (Å²) in [6.07, 6.45) is 2.75. The maximum Gasteiger partial charge on any atom is 0.0438 e. The second kappa shape index (κ2) is 5.23. The van der Waals surface area contributed by atoms with Gasteiger partial charge in [0.05, 0.1) is 0 Å². The minimum Gasteiger partial charge on any atom is -0.365 e. The van der Waals surface area contributed by atoms with Crippen LogP contribution >= 0.6 is 11.6 Å². The Bertz CT molecular complexity index is 484. The third kappa shape index (κ3) is 2.68. The van der Waals surface area contributed by atoms with Crippen molar-refractivity contribution in [2.45, 2.75) is 45.2 Å². The monoisotopic (exact) mass is 292 g/mol. The van der Waals surface area contributed by atoms with Crippen molar-refractivity contribution in [2.75, 3.05) is 18.0 Å². The maximum absolute atomic E-state index is 6.20. The van der Waals surface area contributed by atoms with Gasteiger partial charge in [0.15, 0.2) is 0 Å². The second-order valence-corrected chi connectivity index (χ2v) is 7.43. The lowest BCUT2D eigenvalue weighted by Crippen LogP contribution is -2.65. The summed E-state index contributed by atoms with van der Waals surface area (Å²) in [6, 6.07) is 8.86. The molecule has 1 aliphatic heterocycles. The van der Waals surface area contributed by atoms with Gasteiger partial charge < -0.3 is 10.2 Å². The van der Waals surface area contributed by atoms with Crippen LogP contribution < -0.4 is 10.2 Å². The van der Waals surface area contributed by atoms with Crippen LogP contribution in [0, 0.1) is 11.8 Å². The predicted molar refractivity (Wildman–Crippen MR) is 86.6 cm³/mol. The van der Waals surface area contributed by atoms with E-state index < -0.39 is 0 Å². The summed E-state index contributed by atoms with van der Waals surface area (Å²) in [7, 11) is 0. The normalized spacial score (nSPS) is 30.9. The summed E-state index contributed by atoms with van der Waals surface area (Å²) in [6.45, 7) is 9.16. The van der Waals surface area contributed by atoms with Crippen LogP contribution in [0.2, 0.25) is 5.02 Å². The summed E-state index contributed by atoms with van der Waals surface area (Å²) in [5.41, 5.74) is 1.53. The standard InChI is InChI=1S/C17H25ClN2/c1-12(2)16-10-19-17(3,13-7-8-13)11-20(16)15-6-4-5-14(18)9-15/h4-6,9,12-13,16,19H,7-8,10-11H2,1-3H3. The third-order valence-corrected chi connectivity index (χ3v) is 5.24. The van der Waals surface area contributed by atoms with Gasteiger partial charge >= 0.3 is 0 Å². The summed E-state index contributed by atoms with van der Waals surface area (Å²) < 4.78 is 0. The zero-order valence-corrected chi connectivity index (χ0v) is 13.5. The maximum atomic E-state index is 6.20. The highest BCUT2D eigenvalue weighted by molar-refractivity contribution is 6.30. The van der Waals surface area contributed by atoms with Crippen molar-refractivity contribution in [3.8, 4) is 0 Å². The van der Waals surface area contributed by atoms with Gasteiger partial charge in [-0.3, -0.25) is 0 Å². The molecule has 2 unspecified atom stereocenters. The van der Waals surface area contributed by atoms with Crippen LogP contribution in [-0.2, 0) is 0 Å². The number of halogens is 1. The number of hydrogen-bond donors (Lipinski definition) is 1. The molecule has 1 heterocycles. The third-order valence-electron chi connectivity index (χ3n) is 5.00. The van der Waals surface area contributed by atoms with Gasteiger partial charge in [0.2, 0.25) is 0 Å². The van der Waals surface area contributed by atoms with Crippen LogP contribution in [0.4, 0.5) is 5.69 Å². The Morgan fingerprint density at radius 1 is 1.35 bits per heavy atom. The SMILES string of the molecule is CC(C)C1CNC(C)(C2CC2)CN1c1cccc(Cl)c1. The topological polar surface area (TPSA) is 15.3 Å². The van der Waals surface area contributed by atoms with Crippen molar-refractivity contribution >= 4 is 17.3 Å². The Morgan fingerprint density at radius 3 is 2.70 bits per heavy atom. The first-order valence-electron chi connectivity index (χ1n) is 7.77. The summed E-state index contributed by atoms with van der Waals surface area (Å²) in [4.78, 5) is 2.57. The van der Waals surface area contributed by atoms with Crippen molar-refractivity contribution in [2.24, 2.45) is 11.8 Å². The number of anilines is 1. The predicted octanol–water partition coefficient (Wildman–Crippen LogP) is 3.94. The van der Waals surface area contributed by atoms with Gasteiger partial charge in [-0.1, -0.05) is 31.5 Å². The van der Waals surface area contributed by atoms with E-state index in [-0.39, 0.29) is 5.54 Å². The molecule has 1 aromatic rings. The Hall–Kier alpha value is -0.730. The van der Waals surface area contributed by atoms with E-state index in [0.29, 0.717) is 12.0 Å². The van der Waals surface area contributed by atoms with Gasteiger partial charge in [0.1, 0.15) is 0 Å². The number of nitrogens with one attached hydrogen (secondary N) is 1. The summed E-state index contributed by atoms with van der Waals surface area (Å²) >= 11 is 6.20. The van der Waals surface area contributed by atoms with Gasteiger partial charge in [0.25, 0.3) is 0 Å². The Labute approximate surface area is 127 Å². The van der Waals surface area contributed by atoms with E-state index >= 15 is 0 Å². The number of benzene rings is 1. The van der Waals surface area contributed by atoms with Crippen molar-refractivity contribution < 1.29 is 0 Å². The highest BCUT2D eigenvalue weighted by Gasteiger charge is 2.46. The molecule has 110 valence electrons. The van der Waals surface area contributed by atoms with Crippen molar-refractivity contribution in [3.63, 3.8) is 0 Å². The van der Waals surface area contributed by atoms with Crippen LogP contribution in [0.15, 0.2) is 24.3 Å². The Balaban J connectivity index is 1.89. The zero-order valence-electron chi connectivity index (χ0n) is 12.7. The van der Waals surface area contributed by atoms with E-state index in [1.807, 2.05) is 6.07 Å². The minimum absolute atomic E-state index is 0.258. The number of piperazine rings is 1. The molecule has 3 heteroatoms. The largest absolute Gasteiger partial charge is 0.365 e. The van der Waals surface area contributed by atoms with Crippen LogP contribution in [0.5, 0.6) is 0 Å². The van der Waals surface area contributed by atoms with Gasteiger partial charge in [-0.15, -0.1) is 0 Å². The molecule has 1 saturated carbocycles. The first-order valence-corrected chi connectivity index (χ1v) is 8.14. The lowest BCUT2D eigenvalue weighted by atomic mass is 9.87. The summed E-state index contributed by atoms with van der Waals surface area (Å²) in [5, 5.41) is 4.66. The fourth-order valence-electron chi connectivity index (χ4n) is 3.50. The zero-order chi connectivity index (χ0) is 14.3. The van der Waals surface area contributed by atoms with E-state index in [2.05, 4.69) is 49.2 Å². The summed E-state index contributed by atoms with van der Waals surface area (Å²) in [5.74, 6) is 1.47. The molecule has 2 aliphatic rings. The van der Waals surface area contributed by atoms with E-state index in [1.54, 1.807) is 0 Å². The van der Waals surface area contributed by atoms with Gasteiger partial charge in [-0.2, -0.15) is 0 Å². The lowest BCUT2D eigenvalue weighted by molar-refractivity contribution is 0.233. The van der Waals surface area contributed by atoms with Gasteiger partial charge in [-0.25, -0.2) is 0 Å². The number of hydrogen-bond acceptors (Lipinski definition) is 2. The molecular formula is C17H25ClN2. The molecule has 2 nitrogen and oxygen atoms in total. The first kappa shape index (κ1) is 14.2. The number of rotatable bonds is 3. The van der Waals surface area contributed by atoms with Crippen molar-refractivity contribution in [1.82, 2.24) is 5.32 Å². The average molecular weight is 293 g/mol. The quantitative estimate of drug-likeness (QED) is 0.908. The lowest BCUT2D eigenvalue weighted by Gasteiger charge is -2.49. The van der Waals surface area contributed by atoms with E-state index in [1.165, 1.54) is 18.5 Å². The Morgan fingerprint density at radius 2 is 2.10 bits per heavy atom. The van der Waals surface area contributed by atoms with E-state index in [4.69, 9.17) is 11.6 Å². The molecule has 1 aliphatic carbocycles. The Kier molecular flexibility index (Phi) is 3.72. The molecule has 2 fully saturated rings. The first-order chi connectivity index (χ1) is 9.49. The second-order valence-electron chi connectivity index (χ2n) is 6.99. The molecule has 0 aromatic heterocycles. The van der Waals surface area contributed by atoms with E-state index in [0.717, 1.165) is 24.0 Å². The molecule has 0 amide bonds. The van der Waals surface area contributed by atoms with Crippen molar-refractivity contribution in [3.05, 3.63) is 29.3 Å². The molecule has 0 spiro atoms. The molecule has 1 aromatic carbocycles. The molecule has 1 saturated heterocycles. The molecule has 0 bridgehead atoms. The number of nitrogens with zero attached hydrogens (tertiary/aromatic N) is 1. The van der Waals surface area contributed by atoms with Crippen LogP contribution in [-0.4, -0.2) is 24.7 Å². The highest BCUT2D eigenvalue weighted by Crippen LogP contribution is 2.42. The average Bonchev–Trinajstić information content (AvgIpc) is 3.23. The molecule has 0 radical (unpaired) electrons. The van der Waals surface area contributed by atoms with E-state index in [9.17, 15) is 0 Å². The molecule has 1 N–H and O–H groups in total. The van der Waals surface area contributed by atoms with Crippen LogP contribution in [0.3, 0.4) is 0 Å². The molecule has 2 atom stereocenters. The van der Waals surface area contributed by atoms with Crippen LogP contribution in [0.25, 0.3) is 0 Å². The van der Waals surface area contributed by atoms with Crippen LogP contribution in [0.1, 0.15) is 33.6 Å². The molecule has 20 heavy (non-hydrogen) atoms.